The highest BCUT2D eigenvalue weighted by molar-refractivity contribution is 7.90. The molecule has 1 aliphatic heterocycles. The van der Waals surface area contributed by atoms with Crippen LogP contribution in [-0.2, 0) is 16.3 Å². The number of hydrogen-bond acceptors (Lipinski definition) is 4. The van der Waals surface area contributed by atoms with E-state index in [1.165, 1.54) is 38.6 Å². The normalized spacial score (nSPS) is 16.9. The largest absolute Gasteiger partial charge is 0.357 e. The van der Waals surface area contributed by atoms with Crippen molar-refractivity contribution in [2.45, 2.75) is 57.4 Å². The Balaban J connectivity index is 1.90. The first-order valence-electron chi connectivity index (χ1n) is 10.8. The van der Waals surface area contributed by atoms with Crippen molar-refractivity contribution in [3.63, 3.8) is 0 Å². The van der Waals surface area contributed by atoms with Crippen molar-refractivity contribution in [1.29, 1.82) is 0 Å². The van der Waals surface area contributed by atoms with Gasteiger partial charge in [0.25, 0.3) is 0 Å². The molecule has 164 valence electrons. The summed E-state index contributed by atoms with van der Waals surface area (Å²) in [6.07, 6.45) is 5.83. The molecule has 7 heteroatoms. The number of nitrogens with one attached hydrogen (secondary N) is 2. The van der Waals surface area contributed by atoms with Crippen LogP contribution in [0.2, 0.25) is 0 Å². The van der Waals surface area contributed by atoms with Crippen LogP contribution >= 0.6 is 0 Å². The van der Waals surface area contributed by atoms with Crippen LogP contribution in [0.4, 0.5) is 0 Å². The first-order valence-corrected chi connectivity index (χ1v) is 12.7. The van der Waals surface area contributed by atoms with Crippen LogP contribution in [0.3, 0.4) is 0 Å². The summed E-state index contributed by atoms with van der Waals surface area (Å²) in [6, 6.07) is 7.63. The number of likely N-dealkylation sites (tertiary alicyclic amines) is 1. The molecule has 0 aromatic heterocycles. The zero-order chi connectivity index (χ0) is 21.3. The van der Waals surface area contributed by atoms with Gasteiger partial charge in [0.1, 0.15) is 0 Å². The maximum absolute atomic E-state index is 11.6. The number of guanidine groups is 1. The smallest absolute Gasteiger partial charge is 0.191 e. The van der Waals surface area contributed by atoms with Gasteiger partial charge in [-0.3, -0.25) is 9.89 Å². The Labute approximate surface area is 177 Å². The molecule has 0 aliphatic carbocycles. The van der Waals surface area contributed by atoms with Crippen LogP contribution in [-0.4, -0.2) is 64.3 Å². The second-order valence-corrected chi connectivity index (χ2v) is 10.4. The Morgan fingerprint density at radius 1 is 1.14 bits per heavy atom. The van der Waals surface area contributed by atoms with Gasteiger partial charge in [-0.1, -0.05) is 26.0 Å². The molecule has 1 atom stereocenters. The number of aliphatic imine (C=N–C) groups is 1. The average Bonchev–Trinajstić information content (AvgIpc) is 3.19. The predicted octanol–water partition coefficient (Wildman–Crippen LogP) is 2.70. The monoisotopic (exact) mass is 422 g/mol. The SMILES string of the molecule is CCNC(=NCC(CC(C)C)N1CCCC1)NCCc1ccc(S(C)(=O)=O)cc1. The summed E-state index contributed by atoms with van der Waals surface area (Å²) in [5, 5.41) is 6.75. The summed E-state index contributed by atoms with van der Waals surface area (Å²) in [4.78, 5) is 7.82. The van der Waals surface area contributed by atoms with Crippen LogP contribution in [0.5, 0.6) is 0 Å². The topological polar surface area (TPSA) is 73.8 Å². The van der Waals surface area contributed by atoms with Crippen molar-refractivity contribution in [3.8, 4) is 0 Å². The maximum atomic E-state index is 11.6. The summed E-state index contributed by atoms with van der Waals surface area (Å²) in [5.74, 6) is 1.52. The molecule has 0 bridgehead atoms. The lowest BCUT2D eigenvalue weighted by Gasteiger charge is -2.28. The minimum Gasteiger partial charge on any atom is -0.357 e. The molecule has 0 amide bonds. The summed E-state index contributed by atoms with van der Waals surface area (Å²) >= 11 is 0. The molecule has 1 unspecified atom stereocenters. The maximum Gasteiger partial charge on any atom is 0.191 e. The fourth-order valence-corrected chi connectivity index (χ4v) is 4.39. The van der Waals surface area contributed by atoms with E-state index in [0.717, 1.165) is 37.6 Å². The van der Waals surface area contributed by atoms with E-state index in [1.807, 2.05) is 12.1 Å². The molecule has 6 nitrogen and oxygen atoms in total. The van der Waals surface area contributed by atoms with Crippen LogP contribution in [0.15, 0.2) is 34.2 Å². The number of hydrogen-bond donors (Lipinski definition) is 2. The molecule has 2 N–H and O–H groups in total. The minimum atomic E-state index is -3.14. The van der Waals surface area contributed by atoms with Crippen molar-refractivity contribution >= 4 is 15.8 Å². The van der Waals surface area contributed by atoms with Gasteiger partial charge in [0, 0.05) is 25.4 Å². The van der Waals surface area contributed by atoms with Gasteiger partial charge in [-0.15, -0.1) is 0 Å². The van der Waals surface area contributed by atoms with Crippen LogP contribution in [0.25, 0.3) is 0 Å². The van der Waals surface area contributed by atoms with Gasteiger partial charge < -0.3 is 10.6 Å². The molecule has 0 radical (unpaired) electrons. The Morgan fingerprint density at radius 2 is 1.79 bits per heavy atom. The molecule has 2 rings (SSSR count). The van der Waals surface area contributed by atoms with E-state index >= 15 is 0 Å². The Bertz CT molecular complexity index is 739. The third-order valence-corrected chi connectivity index (χ3v) is 6.39. The second kappa shape index (κ2) is 11.6. The minimum absolute atomic E-state index is 0.363. The quantitative estimate of drug-likeness (QED) is 0.448. The molecule has 29 heavy (non-hydrogen) atoms. The molecule has 1 aromatic rings. The zero-order valence-corrected chi connectivity index (χ0v) is 19.3. The number of benzene rings is 1. The third-order valence-electron chi connectivity index (χ3n) is 5.26. The summed E-state index contributed by atoms with van der Waals surface area (Å²) in [7, 11) is -3.14. The standard InChI is InChI=1S/C22H38N4O2S/c1-5-23-22(25-17-20(16-18(2)3)26-14-6-7-15-26)24-13-12-19-8-10-21(11-9-19)29(4,27)28/h8-11,18,20H,5-7,12-17H2,1-4H3,(H2,23,24,25). The highest BCUT2D eigenvalue weighted by atomic mass is 32.2. The van der Waals surface area contributed by atoms with E-state index in [4.69, 9.17) is 4.99 Å². The molecule has 1 heterocycles. The van der Waals surface area contributed by atoms with Crippen molar-refractivity contribution < 1.29 is 8.42 Å². The lowest BCUT2D eigenvalue weighted by atomic mass is 10.0. The highest BCUT2D eigenvalue weighted by Crippen LogP contribution is 2.18. The Morgan fingerprint density at radius 3 is 2.34 bits per heavy atom. The molecular weight excluding hydrogens is 384 g/mol. The Hall–Kier alpha value is -1.60. The number of nitrogens with zero attached hydrogens (tertiary/aromatic N) is 2. The molecule has 1 fully saturated rings. The fourth-order valence-electron chi connectivity index (χ4n) is 3.76. The van der Waals surface area contributed by atoms with Crippen LogP contribution < -0.4 is 10.6 Å². The van der Waals surface area contributed by atoms with E-state index < -0.39 is 9.84 Å². The lowest BCUT2D eigenvalue weighted by molar-refractivity contribution is 0.218. The van der Waals surface area contributed by atoms with E-state index in [0.29, 0.717) is 16.9 Å². The van der Waals surface area contributed by atoms with E-state index in [-0.39, 0.29) is 0 Å². The van der Waals surface area contributed by atoms with Gasteiger partial charge in [-0.25, -0.2) is 8.42 Å². The summed E-state index contributed by atoms with van der Waals surface area (Å²) in [6.45, 7) is 11.4. The second-order valence-electron chi connectivity index (χ2n) is 8.34. The molecule has 1 saturated heterocycles. The predicted molar refractivity (Wildman–Crippen MR) is 121 cm³/mol. The average molecular weight is 423 g/mol. The van der Waals surface area contributed by atoms with Gasteiger partial charge in [0.05, 0.1) is 11.4 Å². The van der Waals surface area contributed by atoms with E-state index in [2.05, 4.69) is 36.3 Å². The first kappa shape index (κ1) is 23.7. The highest BCUT2D eigenvalue weighted by Gasteiger charge is 2.22. The summed E-state index contributed by atoms with van der Waals surface area (Å²) < 4.78 is 23.1. The van der Waals surface area contributed by atoms with E-state index in [9.17, 15) is 8.42 Å². The van der Waals surface area contributed by atoms with Gasteiger partial charge >= 0.3 is 0 Å². The van der Waals surface area contributed by atoms with Gasteiger partial charge in [0.2, 0.25) is 0 Å². The molecule has 1 aliphatic rings. The summed E-state index contributed by atoms with van der Waals surface area (Å²) in [5.41, 5.74) is 1.11. The van der Waals surface area contributed by atoms with Crippen molar-refractivity contribution in [3.05, 3.63) is 29.8 Å². The van der Waals surface area contributed by atoms with Crippen molar-refractivity contribution in [1.82, 2.24) is 15.5 Å². The van der Waals surface area contributed by atoms with Crippen LogP contribution in [0.1, 0.15) is 45.6 Å². The number of rotatable bonds is 10. The van der Waals surface area contributed by atoms with Crippen LogP contribution in [0, 0.1) is 5.92 Å². The molecule has 1 aromatic carbocycles. The molecule has 0 spiro atoms. The zero-order valence-electron chi connectivity index (χ0n) is 18.4. The van der Waals surface area contributed by atoms with Crippen molar-refractivity contribution in [2.75, 3.05) is 39.0 Å². The third kappa shape index (κ3) is 8.34. The van der Waals surface area contributed by atoms with Crippen molar-refractivity contribution in [2.24, 2.45) is 10.9 Å². The van der Waals surface area contributed by atoms with Gasteiger partial charge in [0.15, 0.2) is 15.8 Å². The van der Waals surface area contributed by atoms with E-state index in [1.54, 1.807) is 12.1 Å². The molecular formula is C22H38N4O2S. The molecule has 0 saturated carbocycles. The first-order chi connectivity index (χ1) is 13.8. The lowest BCUT2D eigenvalue weighted by Crippen LogP contribution is -2.41. The van der Waals surface area contributed by atoms with Gasteiger partial charge in [-0.05, 0) is 69.3 Å². The number of sulfone groups is 1. The fraction of sp³-hybridized carbons (Fsp3) is 0.682. The Kier molecular flexibility index (Phi) is 9.43. The van der Waals surface area contributed by atoms with Gasteiger partial charge in [-0.2, -0.15) is 0 Å².